The van der Waals surface area contributed by atoms with E-state index in [1.807, 2.05) is 24.3 Å². The van der Waals surface area contributed by atoms with Crippen molar-refractivity contribution >= 4 is 17.4 Å². The van der Waals surface area contributed by atoms with Gasteiger partial charge in [0.2, 0.25) is 0 Å². The summed E-state index contributed by atoms with van der Waals surface area (Å²) in [6, 6.07) is 9.90. The fourth-order valence-corrected chi connectivity index (χ4v) is 3.60. The number of nitrogens with zero attached hydrogens (tertiary/aromatic N) is 3. The average molecular weight is 377 g/mol. The lowest BCUT2D eigenvalue weighted by Crippen LogP contribution is -2.51. The van der Waals surface area contributed by atoms with E-state index in [9.17, 15) is 18.0 Å². The van der Waals surface area contributed by atoms with Gasteiger partial charge >= 0.3 is 6.18 Å². The smallest absolute Gasteiger partial charge is 0.365 e. The molecule has 2 aromatic rings. The van der Waals surface area contributed by atoms with Crippen molar-refractivity contribution in [1.82, 2.24) is 4.98 Å². The highest BCUT2D eigenvalue weighted by Gasteiger charge is 2.39. The molecule has 1 amide bonds. The molecular weight excluding hydrogens is 359 g/mol. The molecule has 5 nitrogen and oxygen atoms in total. The molecule has 4 rings (SSSR count). The zero-order chi connectivity index (χ0) is 19.0. The Labute approximate surface area is 154 Å². The Morgan fingerprint density at radius 3 is 2.78 bits per heavy atom. The van der Waals surface area contributed by atoms with Crippen molar-refractivity contribution < 1.29 is 22.7 Å². The molecule has 1 atom stereocenters. The van der Waals surface area contributed by atoms with Crippen LogP contribution in [0.15, 0.2) is 42.6 Å². The van der Waals surface area contributed by atoms with E-state index in [4.69, 9.17) is 4.74 Å². The highest BCUT2D eigenvalue weighted by Crippen LogP contribution is 2.36. The van der Waals surface area contributed by atoms with E-state index < -0.39 is 17.8 Å². The standard InChI is InChI=1S/C19H18F3N3O2/c20-19(21,22)14-5-3-8-23-17(14)24-10-11-27-16(12-24)18(26)25-9-7-13-4-1-2-6-15(13)25/h1-6,8,16H,7,9-12H2. The summed E-state index contributed by atoms with van der Waals surface area (Å²) in [6.07, 6.45) is -3.24. The van der Waals surface area contributed by atoms with Gasteiger partial charge in [0.1, 0.15) is 5.82 Å². The van der Waals surface area contributed by atoms with Gasteiger partial charge in [0.15, 0.2) is 6.10 Å². The van der Waals surface area contributed by atoms with E-state index in [-0.39, 0.29) is 31.4 Å². The minimum absolute atomic E-state index is 0.0393. The molecule has 3 heterocycles. The summed E-state index contributed by atoms with van der Waals surface area (Å²) in [5.74, 6) is -0.387. The predicted molar refractivity (Wildman–Crippen MR) is 93.7 cm³/mol. The van der Waals surface area contributed by atoms with Crippen molar-refractivity contribution in [2.45, 2.75) is 18.7 Å². The molecule has 27 heavy (non-hydrogen) atoms. The van der Waals surface area contributed by atoms with Crippen molar-refractivity contribution in [2.24, 2.45) is 0 Å². The Morgan fingerprint density at radius 1 is 1.15 bits per heavy atom. The second-order valence-electron chi connectivity index (χ2n) is 6.55. The number of anilines is 2. The topological polar surface area (TPSA) is 45.7 Å². The van der Waals surface area contributed by atoms with Crippen LogP contribution in [0.5, 0.6) is 0 Å². The summed E-state index contributed by atoms with van der Waals surface area (Å²) in [6.45, 7) is 1.01. The van der Waals surface area contributed by atoms with Crippen LogP contribution in [-0.2, 0) is 22.1 Å². The van der Waals surface area contributed by atoms with E-state index in [0.29, 0.717) is 6.54 Å². The zero-order valence-corrected chi connectivity index (χ0v) is 14.4. The number of fused-ring (bicyclic) bond motifs is 1. The number of para-hydroxylation sites is 1. The first-order valence-corrected chi connectivity index (χ1v) is 8.73. The summed E-state index contributed by atoms with van der Waals surface area (Å²) in [5.41, 5.74) is 1.13. The van der Waals surface area contributed by atoms with Gasteiger partial charge in [-0.3, -0.25) is 4.79 Å². The van der Waals surface area contributed by atoms with Crippen LogP contribution in [0.3, 0.4) is 0 Å². The quantitative estimate of drug-likeness (QED) is 0.808. The molecule has 0 N–H and O–H groups in total. The number of halogens is 3. The minimum atomic E-state index is -4.50. The summed E-state index contributed by atoms with van der Waals surface area (Å²) in [5, 5.41) is 0. The molecule has 1 aromatic carbocycles. The van der Waals surface area contributed by atoms with Gasteiger partial charge in [-0.1, -0.05) is 18.2 Å². The number of hydrogen-bond donors (Lipinski definition) is 0. The maximum atomic E-state index is 13.3. The van der Waals surface area contributed by atoms with E-state index in [1.54, 1.807) is 4.90 Å². The van der Waals surface area contributed by atoms with Crippen LogP contribution in [0.25, 0.3) is 0 Å². The number of morpholine rings is 1. The molecule has 2 aliphatic rings. The Kier molecular flexibility index (Phi) is 4.51. The molecule has 0 aliphatic carbocycles. The summed E-state index contributed by atoms with van der Waals surface area (Å²) >= 11 is 0. The molecule has 1 aromatic heterocycles. The number of hydrogen-bond acceptors (Lipinski definition) is 4. The molecule has 0 spiro atoms. The van der Waals surface area contributed by atoms with Crippen LogP contribution in [0, 0.1) is 0 Å². The Bertz CT molecular complexity index is 856. The molecule has 0 radical (unpaired) electrons. The molecule has 0 saturated carbocycles. The van der Waals surface area contributed by atoms with Gasteiger partial charge in [-0.05, 0) is 30.2 Å². The Hall–Kier alpha value is -2.61. The lowest BCUT2D eigenvalue weighted by atomic mass is 10.1. The number of aromatic nitrogens is 1. The van der Waals surface area contributed by atoms with Crippen LogP contribution >= 0.6 is 0 Å². The number of amides is 1. The van der Waals surface area contributed by atoms with Crippen LogP contribution in [0.2, 0.25) is 0 Å². The van der Waals surface area contributed by atoms with Gasteiger partial charge < -0.3 is 14.5 Å². The van der Waals surface area contributed by atoms with Gasteiger partial charge in [-0.15, -0.1) is 0 Å². The van der Waals surface area contributed by atoms with E-state index in [2.05, 4.69) is 4.98 Å². The number of carbonyl (C=O) groups is 1. The van der Waals surface area contributed by atoms with Gasteiger partial charge in [-0.25, -0.2) is 4.98 Å². The third-order valence-electron chi connectivity index (χ3n) is 4.89. The second-order valence-corrected chi connectivity index (χ2v) is 6.55. The largest absolute Gasteiger partial charge is 0.419 e. The highest BCUT2D eigenvalue weighted by molar-refractivity contribution is 5.98. The van der Waals surface area contributed by atoms with Gasteiger partial charge in [0, 0.05) is 25.0 Å². The van der Waals surface area contributed by atoms with Gasteiger partial charge in [0.05, 0.1) is 18.7 Å². The predicted octanol–water partition coefficient (Wildman–Crippen LogP) is 2.89. The van der Waals surface area contributed by atoms with Crippen LogP contribution in [0.4, 0.5) is 24.7 Å². The Morgan fingerprint density at radius 2 is 1.96 bits per heavy atom. The fourth-order valence-electron chi connectivity index (χ4n) is 3.60. The monoisotopic (exact) mass is 377 g/mol. The maximum Gasteiger partial charge on any atom is 0.419 e. The molecule has 0 bridgehead atoms. The second kappa shape index (κ2) is 6.84. The van der Waals surface area contributed by atoms with Gasteiger partial charge in [-0.2, -0.15) is 13.2 Å². The van der Waals surface area contributed by atoms with Crippen molar-refractivity contribution in [1.29, 1.82) is 0 Å². The number of carbonyl (C=O) groups excluding carboxylic acids is 1. The lowest BCUT2D eigenvalue weighted by Gasteiger charge is -2.35. The van der Waals surface area contributed by atoms with Crippen molar-refractivity contribution in [2.75, 3.05) is 36.0 Å². The Balaban J connectivity index is 1.55. The molecule has 1 saturated heterocycles. The first-order valence-electron chi connectivity index (χ1n) is 8.73. The zero-order valence-electron chi connectivity index (χ0n) is 14.4. The number of rotatable bonds is 2. The third kappa shape index (κ3) is 3.37. The first kappa shape index (κ1) is 17.8. The number of pyridine rings is 1. The molecule has 8 heteroatoms. The van der Waals surface area contributed by atoms with Crippen LogP contribution in [0.1, 0.15) is 11.1 Å². The van der Waals surface area contributed by atoms with Crippen molar-refractivity contribution in [3.8, 4) is 0 Å². The van der Waals surface area contributed by atoms with Crippen molar-refractivity contribution in [3.63, 3.8) is 0 Å². The van der Waals surface area contributed by atoms with Crippen LogP contribution in [-0.4, -0.2) is 43.2 Å². The van der Waals surface area contributed by atoms with Gasteiger partial charge in [0.25, 0.3) is 5.91 Å². The van der Waals surface area contributed by atoms with Crippen LogP contribution < -0.4 is 9.80 Å². The molecule has 1 unspecified atom stereocenters. The van der Waals surface area contributed by atoms with Crippen molar-refractivity contribution in [3.05, 3.63) is 53.7 Å². The number of benzene rings is 1. The minimum Gasteiger partial charge on any atom is -0.365 e. The summed E-state index contributed by atoms with van der Waals surface area (Å²) in [7, 11) is 0. The maximum absolute atomic E-state index is 13.3. The fraction of sp³-hybridized carbons (Fsp3) is 0.368. The molecule has 2 aliphatic heterocycles. The molecule has 1 fully saturated rings. The first-order chi connectivity index (χ1) is 12.9. The van der Waals surface area contributed by atoms with E-state index in [1.165, 1.54) is 17.2 Å². The van der Waals surface area contributed by atoms with E-state index in [0.717, 1.165) is 23.7 Å². The average Bonchev–Trinajstić information content (AvgIpc) is 3.11. The molecule has 142 valence electrons. The normalized spacial score (nSPS) is 19.9. The number of ether oxygens (including phenoxy) is 1. The lowest BCUT2D eigenvalue weighted by molar-refractivity contribution is -0.137. The summed E-state index contributed by atoms with van der Waals surface area (Å²) in [4.78, 5) is 20.0. The number of alkyl halides is 3. The summed E-state index contributed by atoms with van der Waals surface area (Å²) < 4.78 is 45.5. The highest BCUT2D eigenvalue weighted by atomic mass is 19.4. The SMILES string of the molecule is O=C(C1CN(c2ncccc2C(F)(F)F)CCO1)N1CCc2ccccc21. The van der Waals surface area contributed by atoms with E-state index >= 15 is 0 Å². The third-order valence-corrected chi connectivity index (χ3v) is 4.89. The molecular formula is C19H18F3N3O2.